The van der Waals surface area contributed by atoms with E-state index in [0.717, 1.165) is 10.1 Å². The fourth-order valence-electron chi connectivity index (χ4n) is 1.40. The van der Waals surface area contributed by atoms with E-state index in [1.807, 2.05) is 7.05 Å². The van der Waals surface area contributed by atoms with Crippen molar-refractivity contribution in [3.05, 3.63) is 29.3 Å². The van der Waals surface area contributed by atoms with E-state index < -0.39 is 0 Å². The number of nitrogens with one attached hydrogen (secondary N) is 1. The monoisotopic (exact) mass is 219 g/mol. The predicted molar refractivity (Wildman–Crippen MR) is 64.4 cm³/mol. The lowest BCUT2D eigenvalue weighted by Crippen LogP contribution is -1.85. The molecule has 1 heterocycles. The maximum atomic E-state index is 4.17. The third-order valence-corrected chi connectivity index (χ3v) is 3.24. The van der Waals surface area contributed by atoms with Crippen molar-refractivity contribution < 1.29 is 0 Å². The number of hydrogen-bond donors (Lipinski definition) is 1. The quantitative estimate of drug-likeness (QED) is 0.844. The van der Waals surface area contributed by atoms with Crippen molar-refractivity contribution in [2.45, 2.75) is 13.8 Å². The summed E-state index contributed by atoms with van der Waals surface area (Å²) in [7, 11) is 1.85. The van der Waals surface area contributed by atoms with Gasteiger partial charge in [0, 0.05) is 12.6 Å². The Morgan fingerprint density at radius 2 is 2.00 bits per heavy atom. The first kappa shape index (κ1) is 10.1. The summed E-state index contributed by atoms with van der Waals surface area (Å²) >= 11 is 1.58. The van der Waals surface area contributed by atoms with Crippen LogP contribution < -0.4 is 5.32 Å². The molecule has 0 fully saturated rings. The molecule has 0 spiro atoms. The zero-order chi connectivity index (χ0) is 10.8. The van der Waals surface area contributed by atoms with Gasteiger partial charge in [0.25, 0.3) is 0 Å². The molecule has 0 bridgehead atoms. The van der Waals surface area contributed by atoms with Gasteiger partial charge >= 0.3 is 0 Å². The minimum absolute atomic E-state index is 0.853. The van der Waals surface area contributed by atoms with Crippen LogP contribution in [0, 0.1) is 13.8 Å². The van der Waals surface area contributed by atoms with E-state index in [2.05, 4.69) is 47.6 Å². The number of anilines is 1. The lowest BCUT2D eigenvalue weighted by Gasteiger charge is -2.02. The Bertz CT molecular complexity index is 476. The molecule has 0 saturated carbocycles. The first-order valence-electron chi connectivity index (χ1n) is 4.79. The first-order chi connectivity index (χ1) is 7.20. The normalized spacial score (nSPS) is 10.3. The average molecular weight is 219 g/mol. The Kier molecular flexibility index (Phi) is 2.68. The molecule has 15 heavy (non-hydrogen) atoms. The second kappa shape index (κ2) is 3.98. The van der Waals surface area contributed by atoms with Crippen molar-refractivity contribution in [1.29, 1.82) is 0 Å². The van der Waals surface area contributed by atoms with E-state index in [1.165, 1.54) is 16.7 Å². The highest BCUT2D eigenvalue weighted by atomic mass is 32.1. The van der Waals surface area contributed by atoms with Crippen LogP contribution in [0.4, 0.5) is 5.13 Å². The number of rotatable bonds is 2. The van der Waals surface area contributed by atoms with Gasteiger partial charge in [0.2, 0.25) is 5.13 Å². The number of benzene rings is 1. The van der Waals surface area contributed by atoms with Crippen molar-refractivity contribution in [1.82, 2.24) is 10.2 Å². The number of hydrogen-bond acceptors (Lipinski definition) is 4. The molecule has 3 nitrogen and oxygen atoms in total. The SMILES string of the molecule is CNc1nnc(-c2cc(C)ccc2C)s1. The maximum Gasteiger partial charge on any atom is 0.205 e. The van der Waals surface area contributed by atoms with Crippen LogP contribution in [0.15, 0.2) is 18.2 Å². The van der Waals surface area contributed by atoms with Gasteiger partial charge in [0.05, 0.1) is 0 Å². The Hall–Kier alpha value is -1.42. The van der Waals surface area contributed by atoms with E-state index in [9.17, 15) is 0 Å². The van der Waals surface area contributed by atoms with E-state index in [-0.39, 0.29) is 0 Å². The van der Waals surface area contributed by atoms with Crippen molar-refractivity contribution in [3.8, 4) is 10.6 Å². The highest BCUT2D eigenvalue weighted by Gasteiger charge is 2.08. The van der Waals surface area contributed by atoms with Crippen LogP contribution in [0.5, 0.6) is 0 Å². The Morgan fingerprint density at radius 1 is 1.20 bits per heavy atom. The van der Waals surface area contributed by atoms with E-state index in [1.54, 1.807) is 11.3 Å². The number of aromatic nitrogens is 2. The molecule has 0 unspecified atom stereocenters. The van der Waals surface area contributed by atoms with Crippen LogP contribution in [-0.4, -0.2) is 17.2 Å². The van der Waals surface area contributed by atoms with Gasteiger partial charge in [-0.3, -0.25) is 0 Å². The van der Waals surface area contributed by atoms with E-state index in [4.69, 9.17) is 0 Å². The molecule has 2 aromatic rings. The molecule has 0 aliphatic rings. The van der Waals surface area contributed by atoms with Crippen LogP contribution in [-0.2, 0) is 0 Å². The maximum absolute atomic E-state index is 4.17. The molecule has 4 heteroatoms. The molecular formula is C11H13N3S. The molecule has 1 aromatic heterocycles. The van der Waals surface area contributed by atoms with Crippen molar-refractivity contribution >= 4 is 16.5 Å². The zero-order valence-corrected chi connectivity index (χ0v) is 9.85. The highest BCUT2D eigenvalue weighted by Crippen LogP contribution is 2.29. The van der Waals surface area contributed by atoms with Gasteiger partial charge in [-0.25, -0.2) is 0 Å². The minimum Gasteiger partial charge on any atom is -0.363 e. The van der Waals surface area contributed by atoms with Gasteiger partial charge in [-0.15, -0.1) is 10.2 Å². The summed E-state index contributed by atoms with van der Waals surface area (Å²) in [4.78, 5) is 0. The Morgan fingerprint density at radius 3 is 2.67 bits per heavy atom. The van der Waals surface area contributed by atoms with Gasteiger partial charge in [-0.05, 0) is 25.5 Å². The third kappa shape index (κ3) is 1.99. The van der Waals surface area contributed by atoms with Gasteiger partial charge in [0.15, 0.2) is 0 Å². The van der Waals surface area contributed by atoms with Gasteiger partial charge in [-0.1, -0.05) is 29.0 Å². The molecule has 0 atom stereocenters. The van der Waals surface area contributed by atoms with Gasteiger partial charge in [0.1, 0.15) is 5.01 Å². The summed E-state index contributed by atoms with van der Waals surface area (Å²) in [5, 5.41) is 13.0. The summed E-state index contributed by atoms with van der Waals surface area (Å²) < 4.78 is 0. The molecule has 78 valence electrons. The second-order valence-electron chi connectivity index (χ2n) is 3.48. The lowest BCUT2D eigenvalue weighted by atomic mass is 10.1. The molecule has 0 aliphatic carbocycles. The summed E-state index contributed by atoms with van der Waals surface area (Å²) in [6.45, 7) is 4.18. The zero-order valence-electron chi connectivity index (χ0n) is 9.03. The van der Waals surface area contributed by atoms with E-state index in [0.29, 0.717) is 0 Å². The van der Waals surface area contributed by atoms with Crippen LogP contribution >= 0.6 is 11.3 Å². The molecule has 1 N–H and O–H groups in total. The number of aryl methyl sites for hydroxylation is 2. The largest absolute Gasteiger partial charge is 0.363 e. The van der Waals surface area contributed by atoms with Crippen molar-refractivity contribution in [2.24, 2.45) is 0 Å². The number of nitrogens with zero attached hydrogens (tertiary/aromatic N) is 2. The predicted octanol–water partition coefficient (Wildman–Crippen LogP) is 2.86. The molecule has 1 aromatic carbocycles. The summed E-state index contributed by atoms with van der Waals surface area (Å²) in [5.41, 5.74) is 3.66. The van der Waals surface area contributed by atoms with Crippen LogP contribution in [0.2, 0.25) is 0 Å². The fraction of sp³-hybridized carbons (Fsp3) is 0.273. The highest BCUT2D eigenvalue weighted by molar-refractivity contribution is 7.18. The topological polar surface area (TPSA) is 37.8 Å². The fourth-order valence-corrected chi connectivity index (χ4v) is 2.18. The average Bonchev–Trinajstić information content (AvgIpc) is 2.70. The first-order valence-corrected chi connectivity index (χ1v) is 5.61. The standard InChI is InChI=1S/C11H13N3S/c1-7-4-5-8(2)9(6-7)10-13-14-11(12-3)15-10/h4-6H,1-3H3,(H,12,14). The molecule has 0 saturated heterocycles. The molecule has 0 aliphatic heterocycles. The van der Waals surface area contributed by atoms with Crippen molar-refractivity contribution in [3.63, 3.8) is 0 Å². The van der Waals surface area contributed by atoms with Crippen molar-refractivity contribution in [2.75, 3.05) is 12.4 Å². The van der Waals surface area contributed by atoms with E-state index >= 15 is 0 Å². The third-order valence-electron chi connectivity index (χ3n) is 2.26. The minimum atomic E-state index is 0.853. The lowest BCUT2D eigenvalue weighted by molar-refractivity contribution is 1.09. The summed E-state index contributed by atoms with van der Waals surface area (Å²) in [5.74, 6) is 0. The molecule has 0 radical (unpaired) electrons. The molecule has 2 rings (SSSR count). The Labute approximate surface area is 93.2 Å². The molecular weight excluding hydrogens is 206 g/mol. The van der Waals surface area contributed by atoms with Gasteiger partial charge in [-0.2, -0.15) is 0 Å². The second-order valence-corrected chi connectivity index (χ2v) is 4.46. The molecule has 0 amide bonds. The van der Waals surface area contributed by atoms with Gasteiger partial charge < -0.3 is 5.32 Å². The van der Waals surface area contributed by atoms with Crippen LogP contribution in [0.1, 0.15) is 11.1 Å². The smallest absolute Gasteiger partial charge is 0.205 e. The summed E-state index contributed by atoms with van der Waals surface area (Å²) in [6.07, 6.45) is 0. The van der Waals surface area contributed by atoms with Crippen LogP contribution in [0.3, 0.4) is 0 Å². The summed E-state index contributed by atoms with van der Waals surface area (Å²) in [6, 6.07) is 6.37. The Balaban J connectivity index is 2.48. The van der Waals surface area contributed by atoms with Crippen LogP contribution in [0.25, 0.3) is 10.6 Å².